The van der Waals surface area contributed by atoms with Crippen molar-refractivity contribution in [2.75, 3.05) is 19.5 Å². The fraction of sp³-hybridized carbons (Fsp3) is 0.111. The molecule has 8 nitrogen and oxygen atoms in total. The third kappa shape index (κ3) is 2.88. The van der Waals surface area contributed by atoms with Gasteiger partial charge in [-0.2, -0.15) is 9.61 Å². The number of hydrogen-bond donors (Lipinski definition) is 1. The Morgan fingerprint density at radius 3 is 2.58 bits per heavy atom. The van der Waals surface area contributed by atoms with Crippen LogP contribution in [0.3, 0.4) is 0 Å². The molecule has 0 fully saturated rings. The van der Waals surface area contributed by atoms with Gasteiger partial charge < -0.3 is 14.8 Å². The van der Waals surface area contributed by atoms with Gasteiger partial charge in [0, 0.05) is 18.0 Å². The molecular formula is C18H16N6O2. The van der Waals surface area contributed by atoms with E-state index in [4.69, 9.17) is 9.47 Å². The Morgan fingerprint density at radius 2 is 1.81 bits per heavy atom. The van der Waals surface area contributed by atoms with Crippen LogP contribution in [0, 0.1) is 0 Å². The molecule has 0 bridgehead atoms. The van der Waals surface area contributed by atoms with Crippen molar-refractivity contribution in [3.8, 4) is 22.8 Å². The molecule has 4 rings (SSSR count). The third-order valence-electron chi connectivity index (χ3n) is 3.86. The molecule has 0 radical (unpaired) electrons. The average molecular weight is 348 g/mol. The fourth-order valence-electron chi connectivity index (χ4n) is 2.60. The first kappa shape index (κ1) is 15.8. The molecule has 0 unspecified atom stereocenters. The Labute approximate surface area is 149 Å². The predicted molar refractivity (Wildman–Crippen MR) is 96.8 cm³/mol. The van der Waals surface area contributed by atoms with E-state index >= 15 is 0 Å². The van der Waals surface area contributed by atoms with Crippen molar-refractivity contribution < 1.29 is 9.47 Å². The van der Waals surface area contributed by atoms with E-state index < -0.39 is 0 Å². The highest BCUT2D eigenvalue weighted by Gasteiger charge is 2.10. The number of fused-ring (bicyclic) bond motifs is 1. The van der Waals surface area contributed by atoms with Crippen LogP contribution in [0.5, 0.6) is 11.5 Å². The molecule has 1 N–H and O–H groups in total. The molecule has 0 spiro atoms. The lowest BCUT2D eigenvalue weighted by Crippen LogP contribution is -2.01. The van der Waals surface area contributed by atoms with Crippen molar-refractivity contribution in [1.29, 1.82) is 0 Å². The lowest BCUT2D eigenvalue weighted by atomic mass is 10.1. The second kappa shape index (κ2) is 6.67. The van der Waals surface area contributed by atoms with Crippen LogP contribution >= 0.6 is 0 Å². The van der Waals surface area contributed by atoms with E-state index in [1.165, 1.54) is 0 Å². The molecule has 0 aliphatic rings. The quantitative estimate of drug-likeness (QED) is 0.593. The molecule has 8 heteroatoms. The number of methoxy groups -OCH3 is 2. The highest BCUT2D eigenvalue weighted by Crippen LogP contribution is 2.31. The van der Waals surface area contributed by atoms with Gasteiger partial charge in [0.05, 0.1) is 32.3 Å². The molecule has 130 valence electrons. The number of nitrogens with one attached hydrogen (secondary N) is 1. The van der Waals surface area contributed by atoms with Gasteiger partial charge in [-0.3, -0.25) is 4.98 Å². The van der Waals surface area contributed by atoms with Crippen LogP contribution in [0.1, 0.15) is 0 Å². The molecule has 3 heterocycles. The summed E-state index contributed by atoms with van der Waals surface area (Å²) in [6, 6.07) is 9.49. The zero-order chi connectivity index (χ0) is 17.9. The van der Waals surface area contributed by atoms with Gasteiger partial charge in [0.2, 0.25) is 0 Å². The number of ether oxygens (including phenoxy) is 2. The zero-order valence-corrected chi connectivity index (χ0v) is 14.2. The van der Waals surface area contributed by atoms with Crippen molar-refractivity contribution >= 4 is 17.3 Å². The van der Waals surface area contributed by atoms with Gasteiger partial charge >= 0.3 is 0 Å². The van der Waals surface area contributed by atoms with Crippen LogP contribution in [0.15, 0.2) is 55.1 Å². The summed E-state index contributed by atoms with van der Waals surface area (Å²) in [7, 11) is 3.22. The fourth-order valence-corrected chi connectivity index (χ4v) is 2.60. The number of nitrogens with zero attached hydrogens (tertiary/aromatic N) is 5. The van der Waals surface area contributed by atoms with Crippen LogP contribution < -0.4 is 14.8 Å². The molecule has 0 atom stereocenters. The summed E-state index contributed by atoms with van der Waals surface area (Å²) < 4.78 is 12.4. The Balaban J connectivity index is 1.74. The van der Waals surface area contributed by atoms with E-state index in [0.717, 1.165) is 16.9 Å². The first-order valence-corrected chi connectivity index (χ1v) is 7.88. The van der Waals surface area contributed by atoms with Crippen molar-refractivity contribution in [1.82, 2.24) is 24.6 Å². The van der Waals surface area contributed by atoms with E-state index in [-0.39, 0.29) is 0 Å². The van der Waals surface area contributed by atoms with Gasteiger partial charge in [-0.25, -0.2) is 9.97 Å². The second-order valence-corrected chi connectivity index (χ2v) is 5.42. The Morgan fingerprint density at radius 1 is 0.923 bits per heavy atom. The van der Waals surface area contributed by atoms with E-state index in [0.29, 0.717) is 23.1 Å². The normalized spacial score (nSPS) is 10.7. The van der Waals surface area contributed by atoms with Crippen LogP contribution in [0.4, 0.5) is 11.6 Å². The Hall–Kier alpha value is -3.68. The standard InChI is InChI=1S/C18H16N6O2/c1-25-14-5-3-12(9-15(14)26-2)13-4-6-17-21-11-18(24(17)23-13)22-16-10-19-7-8-20-16/h3-11H,1-2H3,(H,20,22). The highest BCUT2D eigenvalue weighted by molar-refractivity contribution is 5.66. The lowest BCUT2D eigenvalue weighted by Gasteiger charge is -2.10. The summed E-state index contributed by atoms with van der Waals surface area (Å²) in [5.74, 6) is 2.64. The second-order valence-electron chi connectivity index (χ2n) is 5.42. The number of imidazole rings is 1. The minimum absolute atomic E-state index is 0.618. The first-order chi connectivity index (χ1) is 12.8. The van der Waals surface area contributed by atoms with Gasteiger partial charge in [-0.05, 0) is 30.3 Å². The number of hydrogen-bond acceptors (Lipinski definition) is 7. The highest BCUT2D eigenvalue weighted by atomic mass is 16.5. The first-order valence-electron chi connectivity index (χ1n) is 7.88. The van der Waals surface area contributed by atoms with E-state index in [9.17, 15) is 0 Å². The van der Waals surface area contributed by atoms with Crippen LogP contribution in [-0.2, 0) is 0 Å². The average Bonchev–Trinajstić information content (AvgIpc) is 3.10. The lowest BCUT2D eigenvalue weighted by molar-refractivity contribution is 0.355. The summed E-state index contributed by atoms with van der Waals surface area (Å²) in [5, 5.41) is 7.85. The predicted octanol–water partition coefficient (Wildman–Crippen LogP) is 2.95. The number of benzene rings is 1. The van der Waals surface area contributed by atoms with Gasteiger partial charge in [-0.1, -0.05) is 0 Å². The minimum Gasteiger partial charge on any atom is -0.493 e. The van der Waals surface area contributed by atoms with Crippen molar-refractivity contribution in [2.45, 2.75) is 0 Å². The summed E-state index contributed by atoms with van der Waals surface area (Å²) in [4.78, 5) is 12.6. The molecule has 3 aromatic heterocycles. The number of rotatable bonds is 5. The van der Waals surface area contributed by atoms with Gasteiger partial charge in [-0.15, -0.1) is 0 Å². The van der Waals surface area contributed by atoms with Gasteiger partial charge in [0.25, 0.3) is 0 Å². The Kier molecular flexibility index (Phi) is 4.06. The summed E-state index contributed by atoms with van der Waals surface area (Å²) >= 11 is 0. The van der Waals surface area contributed by atoms with Gasteiger partial charge in [0.1, 0.15) is 5.82 Å². The molecule has 1 aromatic carbocycles. The molecule has 26 heavy (non-hydrogen) atoms. The summed E-state index contributed by atoms with van der Waals surface area (Å²) in [6.45, 7) is 0. The minimum atomic E-state index is 0.618. The maximum absolute atomic E-state index is 5.37. The molecule has 0 aliphatic heterocycles. The molecular weight excluding hydrogens is 332 g/mol. The number of anilines is 2. The largest absolute Gasteiger partial charge is 0.493 e. The van der Waals surface area contributed by atoms with Crippen molar-refractivity contribution in [3.63, 3.8) is 0 Å². The molecule has 0 saturated carbocycles. The van der Waals surface area contributed by atoms with E-state index in [1.54, 1.807) is 43.5 Å². The van der Waals surface area contributed by atoms with Crippen LogP contribution in [-0.4, -0.2) is 38.8 Å². The topological polar surface area (TPSA) is 86.5 Å². The maximum Gasteiger partial charge on any atom is 0.161 e. The molecule has 0 aliphatic carbocycles. The summed E-state index contributed by atoms with van der Waals surface area (Å²) in [6.07, 6.45) is 6.58. The zero-order valence-electron chi connectivity index (χ0n) is 14.2. The van der Waals surface area contributed by atoms with Crippen LogP contribution in [0.2, 0.25) is 0 Å². The summed E-state index contributed by atoms with van der Waals surface area (Å²) in [5.41, 5.74) is 2.41. The van der Waals surface area contributed by atoms with Gasteiger partial charge in [0.15, 0.2) is 23.0 Å². The number of aromatic nitrogens is 5. The molecule has 4 aromatic rings. The Bertz CT molecular complexity index is 1050. The van der Waals surface area contributed by atoms with Crippen molar-refractivity contribution in [3.05, 3.63) is 55.1 Å². The smallest absolute Gasteiger partial charge is 0.161 e. The van der Waals surface area contributed by atoms with Crippen molar-refractivity contribution in [2.24, 2.45) is 0 Å². The monoisotopic (exact) mass is 348 g/mol. The maximum atomic E-state index is 5.37. The molecule has 0 saturated heterocycles. The molecule has 0 amide bonds. The SMILES string of the molecule is COc1ccc(-c2ccc3ncc(Nc4cnccn4)n3n2)cc1OC. The van der Waals surface area contributed by atoms with Crippen LogP contribution in [0.25, 0.3) is 16.9 Å². The third-order valence-corrected chi connectivity index (χ3v) is 3.86. The van der Waals surface area contributed by atoms with E-state index in [2.05, 4.69) is 25.4 Å². The van der Waals surface area contributed by atoms with E-state index in [1.807, 2.05) is 30.3 Å².